The van der Waals surface area contributed by atoms with E-state index in [4.69, 9.17) is 10.7 Å². The van der Waals surface area contributed by atoms with Gasteiger partial charge in [-0.1, -0.05) is 42.5 Å². The maximum absolute atomic E-state index is 5.95. The van der Waals surface area contributed by atoms with Crippen LogP contribution in [0.3, 0.4) is 0 Å². The first-order valence-electron chi connectivity index (χ1n) is 6.58. The maximum atomic E-state index is 5.95. The van der Waals surface area contributed by atoms with E-state index in [1.165, 1.54) is 11.1 Å². The summed E-state index contributed by atoms with van der Waals surface area (Å²) in [4.78, 5) is 4.72. The Bertz CT molecular complexity index is 717. The lowest BCUT2D eigenvalue weighted by Gasteiger charge is -2.06. The Balaban J connectivity index is 1.86. The van der Waals surface area contributed by atoms with Crippen molar-refractivity contribution in [2.45, 2.75) is 13.3 Å². The number of hydrogen-bond acceptors (Lipinski definition) is 3. The summed E-state index contributed by atoms with van der Waals surface area (Å²) in [6.07, 6.45) is 0.842. The Morgan fingerprint density at radius 2 is 1.85 bits per heavy atom. The fourth-order valence-corrected chi connectivity index (χ4v) is 3.02. The number of thiazole rings is 1. The predicted molar refractivity (Wildman–Crippen MR) is 85.9 cm³/mol. The number of anilines is 1. The summed E-state index contributed by atoms with van der Waals surface area (Å²) in [6.45, 7) is 2.07. The van der Waals surface area contributed by atoms with Crippen LogP contribution in [0.1, 0.15) is 16.1 Å². The van der Waals surface area contributed by atoms with Crippen LogP contribution in [-0.4, -0.2) is 4.98 Å². The number of aromatic nitrogens is 1. The molecule has 2 nitrogen and oxygen atoms in total. The number of benzene rings is 2. The highest BCUT2D eigenvalue weighted by molar-refractivity contribution is 7.10. The van der Waals surface area contributed by atoms with E-state index in [2.05, 4.69) is 30.5 Å². The van der Waals surface area contributed by atoms with E-state index in [9.17, 15) is 0 Å². The summed E-state index contributed by atoms with van der Waals surface area (Å²) in [7, 11) is 0. The standard InChI is InChI=1S/C17H16N2S/c1-12-14(8-5-9-15(12)18)10-17-19-16(11-20-17)13-6-3-2-4-7-13/h2-9,11H,10,18H2,1H3. The molecular weight excluding hydrogens is 264 g/mol. The van der Waals surface area contributed by atoms with Gasteiger partial charge in [0.05, 0.1) is 10.7 Å². The molecule has 2 aromatic carbocycles. The summed E-state index contributed by atoms with van der Waals surface area (Å²) in [5.74, 6) is 0. The second-order valence-electron chi connectivity index (χ2n) is 4.80. The lowest BCUT2D eigenvalue weighted by molar-refractivity contribution is 1.12. The predicted octanol–water partition coefficient (Wildman–Crippen LogP) is 4.29. The molecule has 0 bridgehead atoms. The van der Waals surface area contributed by atoms with Crippen LogP contribution in [0.5, 0.6) is 0 Å². The average molecular weight is 280 g/mol. The summed E-state index contributed by atoms with van der Waals surface area (Å²) in [5, 5.41) is 3.24. The van der Waals surface area contributed by atoms with Gasteiger partial charge in [0.15, 0.2) is 0 Å². The smallest absolute Gasteiger partial charge is 0.0976 e. The third-order valence-corrected chi connectivity index (χ3v) is 4.30. The Labute approximate surface area is 122 Å². The lowest BCUT2D eigenvalue weighted by atomic mass is 10.0. The van der Waals surface area contributed by atoms with Crippen molar-refractivity contribution in [3.8, 4) is 11.3 Å². The van der Waals surface area contributed by atoms with Crippen LogP contribution in [0.4, 0.5) is 5.69 Å². The van der Waals surface area contributed by atoms with Gasteiger partial charge in [-0.25, -0.2) is 4.98 Å². The highest BCUT2D eigenvalue weighted by atomic mass is 32.1. The van der Waals surface area contributed by atoms with Crippen molar-refractivity contribution in [3.05, 3.63) is 70.0 Å². The van der Waals surface area contributed by atoms with E-state index >= 15 is 0 Å². The molecule has 0 spiro atoms. The molecule has 0 atom stereocenters. The molecule has 0 saturated heterocycles. The zero-order valence-corrected chi connectivity index (χ0v) is 12.2. The Kier molecular flexibility index (Phi) is 3.52. The lowest BCUT2D eigenvalue weighted by Crippen LogP contribution is -1.96. The van der Waals surface area contributed by atoms with Crippen LogP contribution >= 0.6 is 11.3 Å². The first kappa shape index (κ1) is 12.9. The quantitative estimate of drug-likeness (QED) is 0.727. The van der Waals surface area contributed by atoms with E-state index in [0.29, 0.717) is 0 Å². The number of nitrogen functional groups attached to an aromatic ring is 1. The van der Waals surface area contributed by atoms with Gasteiger partial charge in [0.1, 0.15) is 0 Å². The van der Waals surface area contributed by atoms with Crippen LogP contribution in [0.25, 0.3) is 11.3 Å². The van der Waals surface area contributed by atoms with Crippen molar-refractivity contribution in [1.29, 1.82) is 0 Å². The van der Waals surface area contributed by atoms with E-state index in [1.807, 2.05) is 30.3 Å². The average Bonchev–Trinajstić information content (AvgIpc) is 2.93. The first-order valence-corrected chi connectivity index (χ1v) is 7.46. The van der Waals surface area contributed by atoms with Crippen molar-refractivity contribution >= 4 is 17.0 Å². The zero-order valence-electron chi connectivity index (χ0n) is 11.3. The third-order valence-electron chi connectivity index (χ3n) is 3.45. The molecule has 20 heavy (non-hydrogen) atoms. The van der Waals surface area contributed by atoms with Crippen molar-refractivity contribution in [1.82, 2.24) is 4.98 Å². The van der Waals surface area contributed by atoms with Crippen LogP contribution in [-0.2, 0) is 6.42 Å². The Morgan fingerprint density at radius 3 is 2.65 bits per heavy atom. The van der Waals surface area contributed by atoms with Crippen molar-refractivity contribution in [2.24, 2.45) is 0 Å². The molecule has 1 aromatic heterocycles. The molecule has 0 amide bonds. The van der Waals surface area contributed by atoms with Gasteiger partial charge in [-0.3, -0.25) is 0 Å². The van der Waals surface area contributed by atoms with Crippen molar-refractivity contribution < 1.29 is 0 Å². The fourth-order valence-electron chi connectivity index (χ4n) is 2.19. The number of nitrogens with zero attached hydrogens (tertiary/aromatic N) is 1. The topological polar surface area (TPSA) is 38.9 Å². The molecule has 2 N–H and O–H groups in total. The van der Waals surface area contributed by atoms with E-state index in [0.717, 1.165) is 28.4 Å². The molecular formula is C17H16N2S. The monoisotopic (exact) mass is 280 g/mol. The van der Waals surface area contributed by atoms with Gasteiger partial charge in [-0.15, -0.1) is 11.3 Å². The molecule has 1 heterocycles. The SMILES string of the molecule is Cc1c(N)cccc1Cc1nc(-c2ccccc2)cs1. The minimum Gasteiger partial charge on any atom is -0.399 e. The minimum absolute atomic E-state index is 0.842. The molecule has 100 valence electrons. The van der Waals surface area contributed by atoms with E-state index in [-0.39, 0.29) is 0 Å². The normalized spacial score (nSPS) is 10.7. The van der Waals surface area contributed by atoms with Gasteiger partial charge >= 0.3 is 0 Å². The van der Waals surface area contributed by atoms with Crippen LogP contribution in [0, 0.1) is 6.92 Å². The molecule has 3 rings (SSSR count). The molecule has 0 aliphatic carbocycles. The zero-order chi connectivity index (χ0) is 13.9. The second-order valence-corrected chi connectivity index (χ2v) is 5.74. The Hall–Kier alpha value is -2.13. The van der Waals surface area contributed by atoms with Gasteiger partial charge in [-0.05, 0) is 24.1 Å². The van der Waals surface area contributed by atoms with Crippen molar-refractivity contribution in [2.75, 3.05) is 5.73 Å². The van der Waals surface area contributed by atoms with Crippen LogP contribution < -0.4 is 5.73 Å². The molecule has 0 radical (unpaired) electrons. The number of hydrogen-bond donors (Lipinski definition) is 1. The summed E-state index contributed by atoms with van der Waals surface area (Å²) in [5.41, 5.74) is 11.4. The largest absolute Gasteiger partial charge is 0.399 e. The summed E-state index contributed by atoms with van der Waals surface area (Å²) in [6, 6.07) is 16.3. The van der Waals surface area contributed by atoms with Crippen molar-refractivity contribution in [3.63, 3.8) is 0 Å². The maximum Gasteiger partial charge on any atom is 0.0976 e. The van der Waals surface area contributed by atoms with Crippen LogP contribution in [0.2, 0.25) is 0 Å². The van der Waals surface area contributed by atoms with E-state index < -0.39 is 0 Å². The molecule has 0 aliphatic rings. The molecule has 0 fully saturated rings. The summed E-state index contributed by atoms with van der Waals surface area (Å²) >= 11 is 1.70. The molecule has 0 unspecified atom stereocenters. The highest BCUT2D eigenvalue weighted by Crippen LogP contribution is 2.25. The Morgan fingerprint density at radius 1 is 1.05 bits per heavy atom. The third kappa shape index (κ3) is 2.58. The van der Waals surface area contributed by atoms with E-state index in [1.54, 1.807) is 11.3 Å². The van der Waals surface area contributed by atoms with Gasteiger partial charge in [-0.2, -0.15) is 0 Å². The number of nitrogens with two attached hydrogens (primary N) is 1. The molecule has 0 saturated carbocycles. The van der Waals surface area contributed by atoms with Gasteiger partial charge in [0, 0.05) is 23.1 Å². The first-order chi connectivity index (χ1) is 9.74. The molecule has 3 heteroatoms. The summed E-state index contributed by atoms with van der Waals surface area (Å²) < 4.78 is 0. The highest BCUT2D eigenvalue weighted by Gasteiger charge is 2.07. The second kappa shape index (κ2) is 5.47. The van der Waals surface area contributed by atoms with Gasteiger partial charge < -0.3 is 5.73 Å². The minimum atomic E-state index is 0.842. The number of rotatable bonds is 3. The van der Waals surface area contributed by atoms with Crippen LogP contribution in [0.15, 0.2) is 53.9 Å². The molecule has 3 aromatic rings. The van der Waals surface area contributed by atoms with Gasteiger partial charge in [0.25, 0.3) is 0 Å². The van der Waals surface area contributed by atoms with Gasteiger partial charge in [0.2, 0.25) is 0 Å². The fraction of sp³-hybridized carbons (Fsp3) is 0.118. The molecule has 0 aliphatic heterocycles.